The van der Waals surface area contributed by atoms with Gasteiger partial charge in [-0.3, -0.25) is 4.79 Å². The Balaban J connectivity index is 3.46. The molecule has 1 aromatic rings. The van der Waals surface area contributed by atoms with Crippen molar-refractivity contribution in [2.75, 3.05) is 17.2 Å². The minimum atomic E-state index is -0.447. The molecular weight excluding hydrogens is 132 g/mol. The number of H-pyrrole nitrogens is 1. The molecule has 10 heavy (non-hydrogen) atoms. The largest absolute Gasteiger partial charge is 0.397 e. The van der Waals surface area contributed by atoms with Gasteiger partial charge >= 0.3 is 0 Å². The molecule has 0 radical (unpaired) electrons. The molecule has 0 saturated heterocycles. The zero-order valence-corrected chi connectivity index (χ0v) is 5.22. The maximum atomic E-state index is 10.7. The van der Waals surface area contributed by atoms with E-state index in [1.165, 1.54) is 6.07 Å². The van der Waals surface area contributed by atoms with E-state index < -0.39 is 5.56 Å². The summed E-state index contributed by atoms with van der Waals surface area (Å²) in [6, 6.07) is 1.40. The summed E-state index contributed by atoms with van der Waals surface area (Å²) in [4.78, 5) is 13.0. The predicted molar refractivity (Wildman–Crippen MR) is 40.3 cm³/mol. The second-order valence-electron chi connectivity index (χ2n) is 1.92. The second kappa shape index (κ2) is 1.94. The molecule has 0 aliphatic rings. The standard InChI is InChI=1S/C5H8N4O/c6-2-1-3(7)9-5(10)4(2)8/h1H,8H2,(H5,6,7,9,10). The van der Waals surface area contributed by atoms with Gasteiger partial charge in [-0.25, -0.2) is 0 Å². The highest BCUT2D eigenvalue weighted by Gasteiger charge is 1.98. The maximum absolute atomic E-state index is 10.7. The lowest BCUT2D eigenvalue weighted by molar-refractivity contribution is 1.26. The van der Waals surface area contributed by atoms with Gasteiger partial charge in [-0.15, -0.1) is 0 Å². The van der Waals surface area contributed by atoms with E-state index in [-0.39, 0.29) is 17.2 Å². The van der Waals surface area contributed by atoms with Crippen LogP contribution in [-0.2, 0) is 0 Å². The Hall–Kier alpha value is -1.65. The van der Waals surface area contributed by atoms with Crippen LogP contribution < -0.4 is 22.8 Å². The highest BCUT2D eigenvalue weighted by molar-refractivity contribution is 5.64. The third-order valence-corrected chi connectivity index (χ3v) is 1.12. The summed E-state index contributed by atoms with van der Waals surface area (Å²) in [5.41, 5.74) is 15.5. The number of hydrogen-bond donors (Lipinski definition) is 4. The Morgan fingerprint density at radius 3 is 2.40 bits per heavy atom. The second-order valence-corrected chi connectivity index (χ2v) is 1.92. The third kappa shape index (κ3) is 0.883. The topological polar surface area (TPSA) is 111 Å². The van der Waals surface area contributed by atoms with Crippen LogP contribution in [0.4, 0.5) is 17.2 Å². The fourth-order valence-corrected chi connectivity index (χ4v) is 0.611. The van der Waals surface area contributed by atoms with Crippen molar-refractivity contribution in [3.8, 4) is 0 Å². The van der Waals surface area contributed by atoms with Crippen LogP contribution in [-0.4, -0.2) is 4.98 Å². The first kappa shape index (κ1) is 6.47. The van der Waals surface area contributed by atoms with Gasteiger partial charge in [0, 0.05) is 6.07 Å². The van der Waals surface area contributed by atoms with Crippen molar-refractivity contribution in [3.63, 3.8) is 0 Å². The van der Waals surface area contributed by atoms with Gasteiger partial charge in [0.15, 0.2) is 0 Å². The van der Waals surface area contributed by atoms with Crippen LogP contribution in [0.3, 0.4) is 0 Å². The highest BCUT2D eigenvalue weighted by Crippen LogP contribution is 2.08. The summed E-state index contributed by atoms with van der Waals surface area (Å²) < 4.78 is 0. The Labute approximate surface area is 56.8 Å². The van der Waals surface area contributed by atoms with Gasteiger partial charge in [0.2, 0.25) is 0 Å². The first-order chi connectivity index (χ1) is 4.61. The molecule has 0 bridgehead atoms. The van der Waals surface area contributed by atoms with Gasteiger partial charge in [0.25, 0.3) is 5.56 Å². The number of rotatable bonds is 0. The van der Waals surface area contributed by atoms with E-state index in [1.807, 2.05) is 0 Å². The molecule has 0 unspecified atom stereocenters. The van der Waals surface area contributed by atoms with Crippen molar-refractivity contribution in [3.05, 3.63) is 16.4 Å². The van der Waals surface area contributed by atoms with Crippen LogP contribution >= 0.6 is 0 Å². The lowest BCUT2D eigenvalue weighted by atomic mass is 10.3. The third-order valence-electron chi connectivity index (χ3n) is 1.12. The molecule has 5 heteroatoms. The molecule has 0 aliphatic heterocycles. The average Bonchev–Trinajstić information content (AvgIpc) is 1.82. The van der Waals surface area contributed by atoms with Crippen molar-refractivity contribution < 1.29 is 0 Å². The van der Waals surface area contributed by atoms with Crippen molar-refractivity contribution in [1.82, 2.24) is 4.98 Å². The minimum Gasteiger partial charge on any atom is -0.397 e. The molecule has 54 valence electrons. The summed E-state index contributed by atoms with van der Waals surface area (Å²) in [7, 11) is 0. The molecule has 1 heterocycles. The molecule has 0 spiro atoms. The monoisotopic (exact) mass is 140 g/mol. The lowest BCUT2D eigenvalue weighted by Crippen LogP contribution is -2.15. The van der Waals surface area contributed by atoms with E-state index in [2.05, 4.69) is 4.98 Å². The Bertz CT molecular complexity index is 303. The normalized spacial score (nSPS) is 9.60. The maximum Gasteiger partial charge on any atom is 0.274 e. The van der Waals surface area contributed by atoms with Crippen LogP contribution in [0.5, 0.6) is 0 Å². The molecule has 1 aromatic heterocycles. The van der Waals surface area contributed by atoms with E-state index in [0.29, 0.717) is 0 Å². The molecule has 5 nitrogen and oxygen atoms in total. The van der Waals surface area contributed by atoms with Crippen molar-refractivity contribution in [1.29, 1.82) is 0 Å². The molecule has 0 fully saturated rings. The number of hydrogen-bond acceptors (Lipinski definition) is 4. The Morgan fingerprint density at radius 1 is 1.30 bits per heavy atom. The van der Waals surface area contributed by atoms with Gasteiger partial charge in [-0.05, 0) is 0 Å². The van der Waals surface area contributed by atoms with Crippen LogP contribution in [0, 0.1) is 0 Å². The summed E-state index contributed by atoms with van der Waals surface area (Å²) in [5.74, 6) is 0.219. The van der Waals surface area contributed by atoms with Gasteiger partial charge in [-0.1, -0.05) is 0 Å². The van der Waals surface area contributed by atoms with Crippen LogP contribution in [0.25, 0.3) is 0 Å². The van der Waals surface area contributed by atoms with E-state index in [0.717, 1.165) is 0 Å². The predicted octanol–water partition coefficient (Wildman–Crippen LogP) is -0.879. The fraction of sp³-hybridized carbons (Fsp3) is 0. The summed E-state index contributed by atoms with van der Waals surface area (Å²) in [5, 5.41) is 0. The van der Waals surface area contributed by atoms with Crippen molar-refractivity contribution >= 4 is 17.2 Å². The number of nitrogens with two attached hydrogens (primary N) is 3. The van der Waals surface area contributed by atoms with Crippen molar-refractivity contribution in [2.24, 2.45) is 0 Å². The molecule has 0 saturated carbocycles. The first-order valence-electron chi connectivity index (χ1n) is 2.65. The molecule has 0 atom stereocenters. The van der Waals surface area contributed by atoms with Gasteiger partial charge in [0.05, 0.1) is 5.69 Å². The molecular formula is C5H8N4O. The van der Waals surface area contributed by atoms with Gasteiger partial charge < -0.3 is 22.2 Å². The molecule has 0 amide bonds. The molecule has 7 N–H and O–H groups in total. The average molecular weight is 140 g/mol. The first-order valence-corrected chi connectivity index (χ1v) is 2.65. The Morgan fingerprint density at radius 2 is 1.90 bits per heavy atom. The number of nitrogens with one attached hydrogen (secondary N) is 1. The summed E-state index contributed by atoms with van der Waals surface area (Å²) in [6.07, 6.45) is 0. The molecule has 0 aromatic carbocycles. The molecule has 1 rings (SSSR count). The van der Waals surface area contributed by atoms with E-state index in [1.54, 1.807) is 0 Å². The number of nitrogen functional groups attached to an aromatic ring is 3. The van der Waals surface area contributed by atoms with Gasteiger partial charge in [0.1, 0.15) is 11.5 Å². The minimum absolute atomic E-state index is 0.00852. The Kier molecular flexibility index (Phi) is 1.26. The zero-order valence-electron chi connectivity index (χ0n) is 5.22. The quantitative estimate of drug-likeness (QED) is 0.375. The summed E-state index contributed by atoms with van der Waals surface area (Å²) in [6.45, 7) is 0. The smallest absolute Gasteiger partial charge is 0.274 e. The van der Waals surface area contributed by atoms with Gasteiger partial charge in [-0.2, -0.15) is 0 Å². The lowest BCUT2D eigenvalue weighted by Gasteiger charge is -1.98. The van der Waals surface area contributed by atoms with E-state index >= 15 is 0 Å². The highest BCUT2D eigenvalue weighted by atomic mass is 16.1. The van der Waals surface area contributed by atoms with Crippen LogP contribution in [0.1, 0.15) is 0 Å². The number of pyridine rings is 1. The summed E-state index contributed by atoms with van der Waals surface area (Å²) >= 11 is 0. The SMILES string of the molecule is Nc1cc(N)c(N)c(=O)[nH]1. The molecule has 0 aliphatic carbocycles. The van der Waals surface area contributed by atoms with E-state index in [9.17, 15) is 4.79 Å². The van der Waals surface area contributed by atoms with Crippen molar-refractivity contribution in [2.45, 2.75) is 0 Å². The number of aromatic amines is 1. The number of anilines is 3. The van der Waals surface area contributed by atoms with E-state index in [4.69, 9.17) is 17.2 Å². The van der Waals surface area contributed by atoms with Crippen LogP contribution in [0.2, 0.25) is 0 Å². The fourth-order valence-electron chi connectivity index (χ4n) is 0.611. The number of aromatic nitrogens is 1. The zero-order chi connectivity index (χ0) is 7.72. The van der Waals surface area contributed by atoms with Crippen LogP contribution in [0.15, 0.2) is 10.9 Å².